The second kappa shape index (κ2) is 5.25. The van der Waals surface area contributed by atoms with Crippen molar-refractivity contribution in [1.82, 2.24) is 5.32 Å². The molecule has 15 heavy (non-hydrogen) atoms. The zero-order chi connectivity index (χ0) is 10.7. The fourth-order valence-corrected chi connectivity index (χ4v) is 3.97. The molecule has 0 aliphatic rings. The lowest BCUT2D eigenvalue weighted by molar-refractivity contribution is 0.601. The van der Waals surface area contributed by atoms with E-state index in [0.717, 1.165) is 6.42 Å². The standard InChI is InChI=1S/C11H12BrNS2/c1-13-10(6-8-2-4-14-7-8)11-9(12)3-5-15-11/h2-5,7,10,13H,6H2,1H3. The van der Waals surface area contributed by atoms with Gasteiger partial charge < -0.3 is 5.32 Å². The monoisotopic (exact) mass is 301 g/mol. The molecule has 0 saturated heterocycles. The van der Waals surface area contributed by atoms with Crippen LogP contribution in [0.25, 0.3) is 0 Å². The molecule has 1 nitrogen and oxygen atoms in total. The van der Waals surface area contributed by atoms with Crippen molar-refractivity contribution in [1.29, 1.82) is 0 Å². The van der Waals surface area contributed by atoms with Gasteiger partial charge in [-0.3, -0.25) is 0 Å². The van der Waals surface area contributed by atoms with E-state index in [1.165, 1.54) is 14.9 Å². The molecule has 2 heterocycles. The number of nitrogens with one attached hydrogen (secondary N) is 1. The summed E-state index contributed by atoms with van der Waals surface area (Å²) < 4.78 is 1.21. The lowest BCUT2D eigenvalue weighted by atomic mass is 10.1. The summed E-state index contributed by atoms with van der Waals surface area (Å²) in [6, 6.07) is 4.71. The third kappa shape index (κ3) is 2.69. The molecule has 1 atom stereocenters. The highest BCUT2D eigenvalue weighted by molar-refractivity contribution is 9.10. The zero-order valence-corrected chi connectivity index (χ0v) is 11.6. The highest BCUT2D eigenvalue weighted by Crippen LogP contribution is 2.31. The van der Waals surface area contributed by atoms with Crippen LogP contribution >= 0.6 is 38.6 Å². The van der Waals surface area contributed by atoms with E-state index in [2.05, 4.69) is 49.5 Å². The van der Waals surface area contributed by atoms with Crippen LogP contribution in [0.2, 0.25) is 0 Å². The number of hydrogen-bond acceptors (Lipinski definition) is 3. The number of halogens is 1. The minimum Gasteiger partial charge on any atom is -0.312 e. The first kappa shape index (κ1) is 11.3. The summed E-state index contributed by atoms with van der Waals surface area (Å²) in [6.45, 7) is 0. The van der Waals surface area contributed by atoms with Gasteiger partial charge in [-0.05, 0) is 63.2 Å². The fraction of sp³-hybridized carbons (Fsp3) is 0.273. The molecule has 0 bridgehead atoms. The minimum absolute atomic E-state index is 0.411. The normalized spacial score (nSPS) is 12.9. The van der Waals surface area contributed by atoms with Crippen molar-refractivity contribution in [2.45, 2.75) is 12.5 Å². The molecule has 1 N–H and O–H groups in total. The third-order valence-electron chi connectivity index (χ3n) is 2.33. The fourth-order valence-electron chi connectivity index (χ4n) is 1.52. The lowest BCUT2D eigenvalue weighted by Gasteiger charge is -2.14. The molecule has 2 aromatic heterocycles. The van der Waals surface area contributed by atoms with Gasteiger partial charge in [0.25, 0.3) is 0 Å². The van der Waals surface area contributed by atoms with E-state index < -0.39 is 0 Å². The van der Waals surface area contributed by atoms with Crippen LogP contribution in [-0.2, 0) is 6.42 Å². The number of rotatable bonds is 4. The van der Waals surface area contributed by atoms with Crippen LogP contribution in [0.3, 0.4) is 0 Å². The van der Waals surface area contributed by atoms with Crippen LogP contribution in [0.4, 0.5) is 0 Å². The summed E-state index contributed by atoms with van der Waals surface area (Å²) in [5.41, 5.74) is 1.40. The maximum absolute atomic E-state index is 3.58. The smallest absolute Gasteiger partial charge is 0.0464 e. The van der Waals surface area contributed by atoms with E-state index in [9.17, 15) is 0 Å². The first-order chi connectivity index (χ1) is 7.31. The molecule has 0 radical (unpaired) electrons. The Bertz CT molecular complexity index is 408. The van der Waals surface area contributed by atoms with Gasteiger partial charge in [-0.15, -0.1) is 11.3 Å². The zero-order valence-electron chi connectivity index (χ0n) is 8.37. The lowest BCUT2D eigenvalue weighted by Crippen LogP contribution is -2.17. The summed E-state index contributed by atoms with van der Waals surface area (Å²) in [7, 11) is 2.02. The average molecular weight is 302 g/mol. The molecule has 4 heteroatoms. The van der Waals surface area contributed by atoms with Crippen LogP contribution in [0, 0.1) is 0 Å². The summed E-state index contributed by atoms with van der Waals surface area (Å²) in [5, 5.41) is 9.84. The summed E-state index contributed by atoms with van der Waals surface area (Å²) >= 11 is 7.14. The van der Waals surface area contributed by atoms with Crippen LogP contribution in [0.5, 0.6) is 0 Å². The van der Waals surface area contributed by atoms with E-state index in [1.54, 1.807) is 22.7 Å². The molecular weight excluding hydrogens is 290 g/mol. The molecule has 80 valence electrons. The molecule has 0 spiro atoms. The Balaban J connectivity index is 2.15. The molecule has 2 rings (SSSR count). The van der Waals surface area contributed by atoms with Crippen molar-refractivity contribution < 1.29 is 0 Å². The molecule has 0 aromatic carbocycles. The molecule has 0 amide bonds. The Kier molecular flexibility index (Phi) is 3.97. The van der Waals surface area contributed by atoms with E-state index >= 15 is 0 Å². The predicted molar refractivity (Wildman–Crippen MR) is 71.8 cm³/mol. The van der Waals surface area contributed by atoms with Gasteiger partial charge in [0.05, 0.1) is 0 Å². The van der Waals surface area contributed by atoms with Gasteiger partial charge >= 0.3 is 0 Å². The van der Waals surface area contributed by atoms with Crippen LogP contribution in [-0.4, -0.2) is 7.05 Å². The second-order valence-electron chi connectivity index (χ2n) is 3.31. The van der Waals surface area contributed by atoms with Gasteiger partial charge in [-0.1, -0.05) is 0 Å². The Labute approximate surface area is 106 Å². The topological polar surface area (TPSA) is 12.0 Å². The van der Waals surface area contributed by atoms with E-state index in [0.29, 0.717) is 6.04 Å². The number of hydrogen-bond donors (Lipinski definition) is 1. The Morgan fingerprint density at radius 3 is 2.80 bits per heavy atom. The van der Waals surface area contributed by atoms with E-state index in [4.69, 9.17) is 0 Å². The van der Waals surface area contributed by atoms with Crippen molar-refractivity contribution in [2.75, 3.05) is 7.05 Å². The molecule has 0 aliphatic heterocycles. The molecule has 2 aromatic rings. The van der Waals surface area contributed by atoms with Crippen molar-refractivity contribution in [3.63, 3.8) is 0 Å². The number of likely N-dealkylation sites (N-methyl/N-ethyl adjacent to an activating group) is 1. The first-order valence-electron chi connectivity index (χ1n) is 4.72. The summed E-state index contributed by atoms with van der Waals surface area (Å²) in [6.07, 6.45) is 1.05. The van der Waals surface area contributed by atoms with E-state index in [-0.39, 0.29) is 0 Å². The maximum Gasteiger partial charge on any atom is 0.0464 e. The van der Waals surface area contributed by atoms with E-state index in [1.807, 2.05) is 7.05 Å². The van der Waals surface area contributed by atoms with Gasteiger partial charge in [-0.25, -0.2) is 0 Å². The van der Waals surface area contributed by atoms with Gasteiger partial charge in [0, 0.05) is 15.4 Å². The quantitative estimate of drug-likeness (QED) is 0.897. The Morgan fingerprint density at radius 2 is 2.27 bits per heavy atom. The van der Waals surface area contributed by atoms with Gasteiger partial charge in [0.2, 0.25) is 0 Å². The highest BCUT2D eigenvalue weighted by atomic mass is 79.9. The first-order valence-corrected chi connectivity index (χ1v) is 7.34. The van der Waals surface area contributed by atoms with Gasteiger partial charge in [-0.2, -0.15) is 11.3 Å². The summed E-state index contributed by atoms with van der Waals surface area (Å²) in [4.78, 5) is 1.38. The van der Waals surface area contributed by atoms with Gasteiger partial charge in [0.15, 0.2) is 0 Å². The second-order valence-corrected chi connectivity index (χ2v) is 5.89. The Hall–Kier alpha value is -0.160. The Morgan fingerprint density at radius 1 is 1.40 bits per heavy atom. The largest absolute Gasteiger partial charge is 0.312 e. The highest BCUT2D eigenvalue weighted by Gasteiger charge is 2.14. The van der Waals surface area contributed by atoms with Crippen LogP contribution in [0.15, 0.2) is 32.7 Å². The molecule has 0 saturated carbocycles. The third-order valence-corrected chi connectivity index (χ3v) is 5.05. The van der Waals surface area contributed by atoms with Crippen molar-refractivity contribution in [3.05, 3.63) is 43.2 Å². The van der Waals surface area contributed by atoms with Gasteiger partial charge in [0.1, 0.15) is 0 Å². The SMILES string of the molecule is CNC(Cc1ccsc1)c1sccc1Br. The van der Waals surface area contributed by atoms with Crippen molar-refractivity contribution in [2.24, 2.45) is 0 Å². The van der Waals surface area contributed by atoms with Crippen molar-refractivity contribution >= 4 is 38.6 Å². The van der Waals surface area contributed by atoms with Crippen LogP contribution < -0.4 is 5.32 Å². The molecular formula is C11H12BrNS2. The van der Waals surface area contributed by atoms with Crippen molar-refractivity contribution in [3.8, 4) is 0 Å². The van der Waals surface area contributed by atoms with Crippen LogP contribution in [0.1, 0.15) is 16.5 Å². The number of thiophene rings is 2. The molecule has 1 unspecified atom stereocenters. The molecule has 0 fully saturated rings. The maximum atomic E-state index is 3.58. The molecule has 0 aliphatic carbocycles. The predicted octanol–water partition coefficient (Wildman–Crippen LogP) is 4.08. The summed E-state index contributed by atoms with van der Waals surface area (Å²) in [5.74, 6) is 0. The minimum atomic E-state index is 0.411. The average Bonchev–Trinajstić information content (AvgIpc) is 2.85.